The van der Waals surface area contributed by atoms with Gasteiger partial charge in [0, 0.05) is 17.8 Å². The molecule has 1 unspecified atom stereocenters. The van der Waals surface area contributed by atoms with Crippen molar-refractivity contribution in [1.29, 1.82) is 0 Å². The zero-order valence-electron chi connectivity index (χ0n) is 11.2. The molecule has 1 aromatic rings. The molecule has 2 rings (SSSR count). The normalized spacial score (nSPS) is 23.1. The minimum absolute atomic E-state index is 0.231. The van der Waals surface area contributed by atoms with Crippen molar-refractivity contribution in [3.8, 4) is 0 Å². The van der Waals surface area contributed by atoms with Crippen LogP contribution in [0.2, 0.25) is 0 Å². The van der Waals surface area contributed by atoms with Crippen LogP contribution in [0.1, 0.15) is 32.3 Å². The van der Waals surface area contributed by atoms with Crippen molar-refractivity contribution in [2.75, 3.05) is 18.0 Å². The Labute approximate surface area is 105 Å². The van der Waals surface area contributed by atoms with Gasteiger partial charge in [0.25, 0.3) is 0 Å². The summed E-state index contributed by atoms with van der Waals surface area (Å²) in [4.78, 5) is 2.53. The summed E-state index contributed by atoms with van der Waals surface area (Å²) in [6.45, 7) is 8.78. The molecular formula is C15H24N2. The van der Waals surface area contributed by atoms with E-state index in [9.17, 15) is 0 Å². The number of hydrogen-bond donors (Lipinski definition) is 1. The van der Waals surface area contributed by atoms with E-state index in [4.69, 9.17) is 5.73 Å². The summed E-state index contributed by atoms with van der Waals surface area (Å²) in [6.07, 6.45) is 2.40. The van der Waals surface area contributed by atoms with E-state index in [0.717, 1.165) is 19.5 Å². The Bertz CT molecular complexity index is 367. The quantitative estimate of drug-likeness (QED) is 0.868. The first-order chi connectivity index (χ1) is 8.05. The molecular weight excluding hydrogens is 208 g/mol. The highest BCUT2D eigenvalue weighted by Gasteiger charge is 2.40. The topological polar surface area (TPSA) is 29.3 Å². The molecule has 94 valence electrons. The Morgan fingerprint density at radius 3 is 2.53 bits per heavy atom. The van der Waals surface area contributed by atoms with Crippen molar-refractivity contribution in [2.24, 2.45) is 11.7 Å². The average molecular weight is 232 g/mol. The predicted octanol–water partition coefficient (Wildman–Crippen LogP) is 2.95. The molecule has 1 heterocycles. The van der Waals surface area contributed by atoms with Crippen LogP contribution in [0.25, 0.3) is 0 Å². The number of anilines is 1. The summed E-state index contributed by atoms with van der Waals surface area (Å²) in [6, 6.07) is 8.87. The molecule has 0 bridgehead atoms. The first-order valence-electron chi connectivity index (χ1n) is 6.60. The van der Waals surface area contributed by atoms with E-state index in [-0.39, 0.29) is 5.54 Å². The monoisotopic (exact) mass is 232 g/mol. The number of nitrogens with two attached hydrogens (primary N) is 1. The third-order valence-electron chi connectivity index (χ3n) is 4.26. The van der Waals surface area contributed by atoms with Crippen molar-refractivity contribution in [3.05, 3.63) is 29.8 Å². The van der Waals surface area contributed by atoms with Gasteiger partial charge in [-0.1, -0.05) is 17.7 Å². The van der Waals surface area contributed by atoms with Gasteiger partial charge in [-0.15, -0.1) is 0 Å². The molecule has 0 saturated carbocycles. The van der Waals surface area contributed by atoms with Gasteiger partial charge in [-0.25, -0.2) is 0 Å². The third-order valence-corrected chi connectivity index (χ3v) is 4.26. The van der Waals surface area contributed by atoms with E-state index in [1.54, 1.807) is 0 Å². The average Bonchev–Trinajstić information content (AvgIpc) is 2.57. The Morgan fingerprint density at radius 2 is 1.94 bits per heavy atom. The van der Waals surface area contributed by atoms with Crippen LogP contribution in [0.4, 0.5) is 5.69 Å². The van der Waals surface area contributed by atoms with Crippen molar-refractivity contribution in [1.82, 2.24) is 0 Å². The molecule has 1 atom stereocenters. The van der Waals surface area contributed by atoms with E-state index >= 15 is 0 Å². The van der Waals surface area contributed by atoms with Crippen LogP contribution >= 0.6 is 0 Å². The molecule has 17 heavy (non-hydrogen) atoms. The fraction of sp³-hybridized carbons (Fsp3) is 0.600. The zero-order valence-corrected chi connectivity index (χ0v) is 11.2. The van der Waals surface area contributed by atoms with E-state index in [1.807, 2.05) is 0 Å². The van der Waals surface area contributed by atoms with E-state index < -0.39 is 0 Å². The summed E-state index contributed by atoms with van der Waals surface area (Å²) < 4.78 is 0. The van der Waals surface area contributed by atoms with E-state index in [1.165, 1.54) is 17.7 Å². The Hall–Kier alpha value is -1.02. The van der Waals surface area contributed by atoms with Gasteiger partial charge in [-0.3, -0.25) is 0 Å². The molecule has 1 aliphatic heterocycles. The van der Waals surface area contributed by atoms with Crippen LogP contribution in [-0.4, -0.2) is 18.6 Å². The van der Waals surface area contributed by atoms with Crippen LogP contribution in [0.3, 0.4) is 0 Å². The van der Waals surface area contributed by atoms with E-state index in [0.29, 0.717) is 5.92 Å². The fourth-order valence-electron chi connectivity index (χ4n) is 3.03. The second-order valence-electron chi connectivity index (χ2n) is 5.70. The fourth-order valence-corrected chi connectivity index (χ4v) is 3.03. The second kappa shape index (κ2) is 4.69. The highest BCUT2D eigenvalue weighted by molar-refractivity contribution is 5.51. The predicted molar refractivity (Wildman–Crippen MR) is 74.4 cm³/mol. The molecule has 1 aromatic carbocycles. The summed E-state index contributed by atoms with van der Waals surface area (Å²) in [5.41, 5.74) is 8.62. The molecule has 0 aliphatic carbocycles. The maximum atomic E-state index is 5.71. The van der Waals surface area contributed by atoms with Gasteiger partial charge >= 0.3 is 0 Å². The molecule has 0 aromatic heterocycles. The minimum atomic E-state index is 0.231. The number of rotatable bonds is 3. The number of benzene rings is 1. The summed E-state index contributed by atoms with van der Waals surface area (Å²) in [7, 11) is 0. The van der Waals surface area contributed by atoms with Gasteiger partial charge < -0.3 is 10.6 Å². The first-order valence-corrected chi connectivity index (χ1v) is 6.60. The number of hydrogen-bond acceptors (Lipinski definition) is 2. The van der Waals surface area contributed by atoms with Crippen LogP contribution in [-0.2, 0) is 0 Å². The van der Waals surface area contributed by atoms with Gasteiger partial charge in [-0.2, -0.15) is 0 Å². The number of aryl methyl sites for hydroxylation is 1. The van der Waals surface area contributed by atoms with Gasteiger partial charge in [0.05, 0.1) is 0 Å². The molecule has 2 nitrogen and oxygen atoms in total. The van der Waals surface area contributed by atoms with Gasteiger partial charge in [0.1, 0.15) is 0 Å². The lowest BCUT2D eigenvalue weighted by molar-refractivity contribution is 0.349. The van der Waals surface area contributed by atoms with Crippen LogP contribution in [0, 0.1) is 12.8 Å². The second-order valence-corrected chi connectivity index (χ2v) is 5.70. The maximum absolute atomic E-state index is 5.71. The molecule has 0 radical (unpaired) electrons. The summed E-state index contributed by atoms with van der Waals surface area (Å²) in [5.74, 6) is 0.716. The Kier molecular flexibility index (Phi) is 3.43. The largest absolute Gasteiger partial charge is 0.366 e. The smallest absolute Gasteiger partial charge is 0.0375 e. The van der Waals surface area contributed by atoms with Gasteiger partial charge in [0.2, 0.25) is 0 Å². The molecule has 0 amide bonds. The molecule has 0 spiro atoms. The zero-order chi connectivity index (χ0) is 12.5. The third kappa shape index (κ3) is 2.32. The lowest BCUT2D eigenvalue weighted by Gasteiger charge is -2.38. The highest BCUT2D eigenvalue weighted by atomic mass is 15.2. The first kappa shape index (κ1) is 12.4. The standard InChI is InChI=1S/C15H24N2/c1-12-4-6-14(7-5-12)17-11-9-13(8-10-16)15(17,2)3/h4-7,13H,8-11,16H2,1-3H3. The molecule has 2 heteroatoms. The summed E-state index contributed by atoms with van der Waals surface area (Å²) in [5, 5.41) is 0. The van der Waals surface area contributed by atoms with Crippen molar-refractivity contribution in [2.45, 2.75) is 39.2 Å². The van der Waals surface area contributed by atoms with Crippen molar-refractivity contribution in [3.63, 3.8) is 0 Å². The summed E-state index contributed by atoms with van der Waals surface area (Å²) >= 11 is 0. The van der Waals surface area contributed by atoms with Crippen LogP contribution < -0.4 is 10.6 Å². The van der Waals surface area contributed by atoms with Gasteiger partial charge in [-0.05, 0) is 58.2 Å². The van der Waals surface area contributed by atoms with Crippen LogP contribution in [0.15, 0.2) is 24.3 Å². The Balaban J connectivity index is 2.20. The maximum Gasteiger partial charge on any atom is 0.0375 e. The molecule has 2 N–H and O–H groups in total. The lowest BCUT2D eigenvalue weighted by atomic mass is 9.85. The van der Waals surface area contributed by atoms with Crippen LogP contribution in [0.5, 0.6) is 0 Å². The van der Waals surface area contributed by atoms with E-state index in [2.05, 4.69) is 49.9 Å². The molecule has 1 aliphatic rings. The lowest BCUT2D eigenvalue weighted by Crippen LogP contribution is -2.43. The molecule has 1 saturated heterocycles. The Morgan fingerprint density at radius 1 is 1.29 bits per heavy atom. The highest BCUT2D eigenvalue weighted by Crippen LogP contribution is 2.39. The molecule has 1 fully saturated rings. The van der Waals surface area contributed by atoms with Gasteiger partial charge in [0.15, 0.2) is 0 Å². The SMILES string of the molecule is Cc1ccc(N2CCC(CCN)C2(C)C)cc1. The number of nitrogens with zero attached hydrogens (tertiary/aromatic N) is 1. The van der Waals surface area contributed by atoms with Crippen molar-refractivity contribution >= 4 is 5.69 Å². The van der Waals surface area contributed by atoms with Crippen molar-refractivity contribution < 1.29 is 0 Å². The minimum Gasteiger partial charge on any atom is -0.366 e.